The fraction of sp³-hybridized carbons (Fsp3) is 0.417. The van der Waals surface area contributed by atoms with Gasteiger partial charge in [0.15, 0.2) is 0 Å². The lowest BCUT2D eigenvalue weighted by atomic mass is 9.83. The van der Waals surface area contributed by atoms with Crippen molar-refractivity contribution in [2.75, 3.05) is 40.0 Å². The van der Waals surface area contributed by atoms with Gasteiger partial charge in [0.05, 0.1) is 38.3 Å². The maximum absolute atomic E-state index is 13.7. The van der Waals surface area contributed by atoms with Crippen LogP contribution in [-0.4, -0.2) is 44.5 Å². The van der Waals surface area contributed by atoms with E-state index in [1.165, 1.54) is 4.90 Å². The molecule has 168 valence electrons. The second kappa shape index (κ2) is 9.47. The number of nitriles is 1. The summed E-state index contributed by atoms with van der Waals surface area (Å²) >= 11 is 0. The van der Waals surface area contributed by atoms with Gasteiger partial charge in [-0.2, -0.15) is 5.26 Å². The second-order valence-electron chi connectivity index (χ2n) is 8.15. The van der Waals surface area contributed by atoms with Crippen molar-refractivity contribution in [3.05, 3.63) is 69.0 Å². The van der Waals surface area contributed by atoms with Gasteiger partial charge in [-0.1, -0.05) is 18.2 Å². The van der Waals surface area contributed by atoms with Crippen LogP contribution in [0.4, 0.5) is 0 Å². The highest BCUT2D eigenvalue weighted by Gasteiger charge is 2.35. The lowest BCUT2D eigenvalue weighted by Crippen LogP contribution is -3.14. The molecule has 32 heavy (non-hydrogen) atoms. The number of quaternary nitrogens is 1. The van der Waals surface area contributed by atoms with E-state index in [2.05, 4.69) is 6.07 Å². The molecule has 2 aromatic rings. The number of nitrogens with one attached hydrogen (secondary N) is 1. The summed E-state index contributed by atoms with van der Waals surface area (Å²) in [5.41, 5.74) is 8.09. The summed E-state index contributed by atoms with van der Waals surface area (Å²) in [4.78, 5) is 15.2. The van der Waals surface area contributed by atoms with E-state index >= 15 is 0 Å². The normalized spacial score (nSPS) is 18.6. The van der Waals surface area contributed by atoms with Gasteiger partial charge < -0.3 is 29.4 Å². The maximum atomic E-state index is 13.7. The van der Waals surface area contributed by atoms with Crippen LogP contribution in [0.25, 0.3) is 0 Å². The Morgan fingerprint density at radius 2 is 2.06 bits per heavy atom. The summed E-state index contributed by atoms with van der Waals surface area (Å²) in [7, 11) is 1.57. The van der Waals surface area contributed by atoms with Gasteiger partial charge in [-0.05, 0) is 13.0 Å². The molecular weight excluding hydrogens is 408 g/mol. The molecule has 1 aromatic heterocycles. The number of rotatable bonds is 6. The van der Waals surface area contributed by atoms with Gasteiger partial charge in [-0.15, -0.1) is 0 Å². The molecule has 0 unspecified atom stereocenters. The van der Waals surface area contributed by atoms with Crippen molar-refractivity contribution in [2.45, 2.75) is 25.8 Å². The number of ether oxygens (including phenoxy) is 3. The fourth-order valence-corrected chi connectivity index (χ4v) is 4.58. The Morgan fingerprint density at radius 3 is 2.78 bits per heavy atom. The SMILES string of the molecule is COc1ccccc1[C@H]1C(C#N)=C(N)Oc2cc(C)n(CCC[NH+]3CCOCC3)c(=O)c21. The van der Waals surface area contributed by atoms with Crippen LogP contribution in [0.3, 0.4) is 0 Å². The van der Waals surface area contributed by atoms with Gasteiger partial charge in [0.2, 0.25) is 5.88 Å². The largest absolute Gasteiger partial charge is 0.496 e. The first-order valence-electron chi connectivity index (χ1n) is 10.9. The molecule has 0 bridgehead atoms. The molecule has 3 N–H and O–H groups in total. The summed E-state index contributed by atoms with van der Waals surface area (Å²) in [5, 5.41) is 9.85. The topological polar surface area (TPSA) is 104 Å². The Balaban J connectivity index is 1.73. The number of nitrogens with zero attached hydrogens (tertiary/aromatic N) is 2. The first-order chi connectivity index (χ1) is 15.5. The zero-order valence-corrected chi connectivity index (χ0v) is 18.5. The van der Waals surface area contributed by atoms with Crippen molar-refractivity contribution >= 4 is 0 Å². The Hall–Kier alpha value is -3.28. The molecule has 1 fully saturated rings. The molecule has 0 spiro atoms. The predicted octanol–water partition coefficient (Wildman–Crippen LogP) is 0.689. The van der Waals surface area contributed by atoms with E-state index in [1.807, 2.05) is 37.3 Å². The van der Waals surface area contributed by atoms with Crippen LogP contribution >= 0.6 is 0 Å². The molecular formula is C24H29N4O4+. The summed E-state index contributed by atoms with van der Waals surface area (Å²) in [6.45, 7) is 7.04. The zero-order valence-electron chi connectivity index (χ0n) is 18.5. The first-order valence-corrected chi connectivity index (χ1v) is 10.9. The van der Waals surface area contributed by atoms with Crippen molar-refractivity contribution in [1.82, 2.24) is 4.57 Å². The molecule has 4 rings (SSSR count). The number of pyridine rings is 1. The van der Waals surface area contributed by atoms with E-state index < -0.39 is 5.92 Å². The third-order valence-corrected chi connectivity index (χ3v) is 6.25. The van der Waals surface area contributed by atoms with Crippen LogP contribution in [0, 0.1) is 18.3 Å². The molecule has 3 heterocycles. The predicted molar refractivity (Wildman–Crippen MR) is 119 cm³/mol. The number of para-hydroxylation sites is 1. The van der Waals surface area contributed by atoms with E-state index in [9.17, 15) is 10.1 Å². The molecule has 2 aliphatic heterocycles. The Bertz CT molecular complexity index is 1130. The molecule has 1 atom stereocenters. The van der Waals surface area contributed by atoms with Gasteiger partial charge in [0.25, 0.3) is 5.56 Å². The first kappa shape index (κ1) is 21.9. The number of hydrogen-bond donors (Lipinski definition) is 2. The molecule has 2 aliphatic rings. The minimum absolute atomic E-state index is 0.0170. The van der Waals surface area contributed by atoms with E-state index in [0.29, 0.717) is 29.2 Å². The quantitative estimate of drug-likeness (QED) is 0.689. The van der Waals surface area contributed by atoms with E-state index in [1.54, 1.807) is 11.7 Å². The molecule has 1 aromatic carbocycles. The van der Waals surface area contributed by atoms with Crippen molar-refractivity contribution in [3.63, 3.8) is 0 Å². The Labute approximate surface area is 187 Å². The van der Waals surface area contributed by atoms with Crippen LogP contribution in [0.5, 0.6) is 11.5 Å². The number of benzene rings is 1. The molecule has 1 saturated heterocycles. The summed E-state index contributed by atoms with van der Waals surface area (Å²) in [6.07, 6.45) is 0.873. The third-order valence-electron chi connectivity index (χ3n) is 6.25. The monoisotopic (exact) mass is 437 g/mol. The smallest absolute Gasteiger partial charge is 0.258 e. The minimum Gasteiger partial charge on any atom is -0.496 e. The molecule has 0 aliphatic carbocycles. The van der Waals surface area contributed by atoms with Gasteiger partial charge in [0.1, 0.15) is 36.2 Å². The number of fused-ring (bicyclic) bond motifs is 1. The lowest BCUT2D eigenvalue weighted by molar-refractivity contribution is -0.908. The van der Waals surface area contributed by atoms with Gasteiger partial charge in [0, 0.05) is 30.3 Å². The molecule has 0 amide bonds. The number of morpholine rings is 1. The number of hydrogen-bond acceptors (Lipinski definition) is 6. The van der Waals surface area contributed by atoms with Crippen molar-refractivity contribution in [3.8, 4) is 17.6 Å². The number of allylic oxidation sites excluding steroid dienone is 1. The standard InChI is InChI=1S/C24H28N4O4/c1-16-14-20-22(24(29)28(16)9-5-8-27-10-12-31-13-11-27)21(18(15-25)23(26)32-20)17-6-3-4-7-19(17)30-2/h3-4,6-7,14,21H,5,8-13,26H2,1-2H3/p+1/t21-/m0/s1. The molecule has 8 nitrogen and oxygen atoms in total. The van der Waals surface area contributed by atoms with E-state index in [0.717, 1.165) is 45.0 Å². The van der Waals surface area contributed by atoms with Gasteiger partial charge in [-0.25, -0.2) is 0 Å². The maximum Gasteiger partial charge on any atom is 0.258 e. The Kier molecular flexibility index (Phi) is 6.49. The van der Waals surface area contributed by atoms with Gasteiger partial charge in [-0.3, -0.25) is 4.79 Å². The van der Waals surface area contributed by atoms with Crippen LogP contribution in [-0.2, 0) is 11.3 Å². The highest BCUT2D eigenvalue weighted by Crippen LogP contribution is 2.43. The number of aromatic nitrogens is 1. The zero-order chi connectivity index (χ0) is 22.7. The number of aryl methyl sites for hydroxylation is 1. The van der Waals surface area contributed by atoms with Crippen LogP contribution in [0.15, 0.2) is 46.6 Å². The highest BCUT2D eigenvalue weighted by atomic mass is 16.5. The number of nitrogens with two attached hydrogens (primary N) is 1. The van der Waals surface area contributed by atoms with Crippen molar-refractivity contribution in [2.24, 2.45) is 5.73 Å². The molecule has 0 radical (unpaired) electrons. The highest BCUT2D eigenvalue weighted by molar-refractivity contribution is 5.58. The van der Waals surface area contributed by atoms with Gasteiger partial charge >= 0.3 is 0 Å². The average molecular weight is 438 g/mol. The second-order valence-corrected chi connectivity index (χ2v) is 8.15. The summed E-state index contributed by atoms with van der Waals surface area (Å²) in [5.74, 6) is 0.357. The van der Waals surface area contributed by atoms with Crippen molar-refractivity contribution in [1.29, 1.82) is 5.26 Å². The van der Waals surface area contributed by atoms with E-state index in [-0.39, 0.29) is 17.0 Å². The fourth-order valence-electron chi connectivity index (χ4n) is 4.58. The summed E-state index contributed by atoms with van der Waals surface area (Å²) in [6, 6.07) is 11.4. The minimum atomic E-state index is -0.649. The summed E-state index contributed by atoms with van der Waals surface area (Å²) < 4.78 is 18.5. The molecule has 8 heteroatoms. The third kappa shape index (κ3) is 4.09. The van der Waals surface area contributed by atoms with Crippen LogP contribution in [0.1, 0.15) is 29.2 Å². The van der Waals surface area contributed by atoms with E-state index in [4.69, 9.17) is 19.9 Å². The Morgan fingerprint density at radius 1 is 1.31 bits per heavy atom. The molecule has 0 saturated carbocycles. The number of methoxy groups -OCH3 is 1. The van der Waals surface area contributed by atoms with Crippen LogP contribution in [0.2, 0.25) is 0 Å². The average Bonchev–Trinajstić information content (AvgIpc) is 2.81. The van der Waals surface area contributed by atoms with Crippen LogP contribution < -0.4 is 25.7 Å². The van der Waals surface area contributed by atoms with Crippen molar-refractivity contribution < 1.29 is 19.1 Å². The lowest BCUT2D eigenvalue weighted by Gasteiger charge is -2.28.